The topological polar surface area (TPSA) is 24.4 Å². The summed E-state index contributed by atoms with van der Waals surface area (Å²) in [5, 5.41) is 2.46. The molecule has 0 saturated heterocycles. The fourth-order valence-corrected chi connectivity index (χ4v) is 2.43. The number of benzene rings is 3. The SMILES string of the molecule is FC(F)(F)/C(=C\C(=Nc1ccccc1)c1ccccc1)Nc1ccccc1. The van der Waals surface area contributed by atoms with Crippen molar-refractivity contribution in [3.63, 3.8) is 0 Å². The Kier molecular flexibility index (Phi) is 5.71. The van der Waals surface area contributed by atoms with Gasteiger partial charge in [0.25, 0.3) is 0 Å². The van der Waals surface area contributed by atoms with Crippen molar-refractivity contribution in [2.24, 2.45) is 4.99 Å². The zero-order valence-electron chi connectivity index (χ0n) is 14.3. The molecule has 1 N–H and O–H groups in total. The van der Waals surface area contributed by atoms with Crippen LogP contribution in [0.1, 0.15) is 5.56 Å². The zero-order valence-corrected chi connectivity index (χ0v) is 14.3. The lowest BCUT2D eigenvalue weighted by molar-refractivity contribution is -0.0901. The molecule has 0 radical (unpaired) electrons. The Balaban J connectivity index is 2.07. The first-order chi connectivity index (χ1) is 13.0. The maximum absolute atomic E-state index is 13.6. The van der Waals surface area contributed by atoms with E-state index >= 15 is 0 Å². The number of para-hydroxylation sites is 2. The number of hydrogen-bond acceptors (Lipinski definition) is 2. The summed E-state index contributed by atoms with van der Waals surface area (Å²) in [6.45, 7) is 0. The molecule has 0 aliphatic rings. The highest BCUT2D eigenvalue weighted by Gasteiger charge is 2.34. The van der Waals surface area contributed by atoms with E-state index in [1.807, 2.05) is 6.07 Å². The predicted octanol–water partition coefficient (Wildman–Crippen LogP) is 6.37. The van der Waals surface area contributed by atoms with Gasteiger partial charge in [-0.05, 0) is 30.3 Å². The Morgan fingerprint density at radius 2 is 1.26 bits per heavy atom. The lowest BCUT2D eigenvalue weighted by Gasteiger charge is -2.15. The van der Waals surface area contributed by atoms with Crippen LogP contribution in [0.3, 0.4) is 0 Å². The standard InChI is InChI=1S/C22H17F3N2/c23-22(24,25)21(27-19-14-8-3-9-15-19)16-20(17-10-4-1-5-11-17)26-18-12-6-2-7-13-18/h1-16,27H/b21-16+,26-20?. The molecule has 136 valence electrons. The second-order valence-electron chi connectivity index (χ2n) is 5.75. The number of rotatable bonds is 5. The summed E-state index contributed by atoms with van der Waals surface area (Å²) in [6, 6.07) is 25.9. The third-order valence-corrected chi connectivity index (χ3v) is 3.71. The lowest BCUT2D eigenvalue weighted by atomic mass is 10.1. The fraction of sp³-hybridized carbons (Fsp3) is 0.0455. The summed E-state index contributed by atoms with van der Waals surface area (Å²) >= 11 is 0. The van der Waals surface area contributed by atoms with Gasteiger partial charge in [-0.1, -0.05) is 66.7 Å². The third-order valence-electron chi connectivity index (χ3n) is 3.71. The zero-order chi connectivity index (χ0) is 19.1. The first-order valence-electron chi connectivity index (χ1n) is 8.32. The number of hydrogen-bond donors (Lipinski definition) is 1. The summed E-state index contributed by atoms with van der Waals surface area (Å²) < 4.78 is 40.9. The first kappa shape index (κ1) is 18.5. The second kappa shape index (κ2) is 8.36. The van der Waals surface area contributed by atoms with Crippen LogP contribution in [0.15, 0.2) is 108 Å². The molecule has 3 rings (SSSR count). The lowest BCUT2D eigenvalue weighted by Crippen LogP contribution is -2.20. The first-order valence-corrected chi connectivity index (χ1v) is 8.32. The van der Waals surface area contributed by atoms with Crippen molar-refractivity contribution in [3.8, 4) is 0 Å². The predicted molar refractivity (Wildman–Crippen MR) is 103 cm³/mol. The smallest absolute Gasteiger partial charge is 0.351 e. The van der Waals surface area contributed by atoms with Gasteiger partial charge >= 0.3 is 6.18 Å². The van der Waals surface area contributed by atoms with Gasteiger partial charge in [0.1, 0.15) is 5.70 Å². The molecule has 0 amide bonds. The van der Waals surface area contributed by atoms with Crippen molar-refractivity contribution in [1.82, 2.24) is 0 Å². The number of alkyl halides is 3. The van der Waals surface area contributed by atoms with Crippen LogP contribution in [0.4, 0.5) is 24.5 Å². The number of allylic oxidation sites excluding steroid dienone is 2. The van der Waals surface area contributed by atoms with Gasteiger partial charge in [0.2, 0.25) is 0 Å². The van der Waals surface area contributed by atoms with E-state index in [-0.39, 0.29) is 5.71 Å². The molecule has 3 aromatic carbocycles. The molecule has 0 bridgehead atoms. The van der Waals surface area contributed by atoms with E-state index in [4.69, 9.17) is 0 Å². The van der Waals surface area contributed by atoms with E-state index in [1.165, 1.54) is 0 Å². The highest BCUT2D eigenvalue weighted by atomic mass is 19.4. The number of halogens is 3. The highest BCUT2D eigenvalue weighted by molar-refractivity contribution is 6.10. The van der Waals surface area contributed by atoms with E-state index in [1.54, 1.807) is 84.9 Å². The molecule has 2 nitrogen and oxygen atoms in total. The van der Waals surface area contributed by atoms with Gasteiger partial charge < -0.3 is 5.32 Å². The number of aliphatic imine (C=N–C) groups is 1. The largest absolute Gasteiger partial charge is 0.431 e. The van der Waals surface area contributed by atoms with E-state index in [2.05, 4.69) is 10.3 Å². The summed E-state index contributed by atoms with van der Waals surface area (Å²) in [5.74, 6) is 0. The average molecular weight is 366 g/mol. The summed E-state index contributed by atoms with van der Waals surface area (Å²) in [6.07, 6.45) is -3.52. The second-order valence-corrected chi connectivity index (χ2v) is 5.75. The van der Waals surface area contributed by atoms with Crippen LogP contribution >= 0.6 is 0 Å². The van der Waals surface area contributed by atoms with Crippen LogP contribution in [0.25, 0.3) is 0 Å². The van der Waals surface area contributed by atoms with Crippen LogP contribution in [-0.2, 0) is 0 Å². The molecule has 27 heavy (non-hydrogen) atoms. The van der Waals surface area contributed by atoms with Gasteiger partial charge in [-0.2, -0.15) is 13.2 Å². The van der Waals surface area contributed by atoms with Crippen molar-refractivity contribution in [1.29, 1.82) is 0 Å². The van der Waals surface area contributed by atoms with Gasteiger partial charge in [0.15, 0.2) is 0 Å². The monoisotopic (exact) mass is 366 g/mol. The van der Waals surface area contributed by atoms with Crippen molar-refractivity contribution in [3.05, 3.63) is 108 Å². The van der Waals surface area contributed by atoms with Crippen LogP contribution < -0.4 is 5.32 Å². The van der Waals surface area contributed by atoms with Gasteiger partial charge in [0.05, 0.1) is 11.4 Å². The van der Waals surface area contributed by atoms with E-state index < -0.39 is 11.9 Å². The number of nitrogens with zero attached hydrogens (tertiary/aromatic N) is 1. The molecular weight excluding hydrogens is 349 g/mol. The Hall–Kier alpha value is -3.34. The molecule has 3 aromatic rings. The van der Waals surface area contributed by atoms with Crippen molar-refractivity contribution < 1.29 is 13.2 Å². The van der Waals surface area contributed by atoms with E-state index in [0.29, 0.717) is 16.9 Å². The van der Waals surface area contributed by atoms with Gasteiger partial charge in [0, 0.05) is 11.3 Å². The molecule has 0 saturated carbocycles. The summed E-state index contributed by atoms with van der Waals surface area (Å²) in [4.78, 5) is 4.42. The molecular formula is C22H17F3N2. The van der Waals surface area contributed by atoms with Crippen LogP contribution in [-0.4, -0.2) is 11.9 Å². The summed E-state index contributed by atoms with van der Waals surface area (Å²) in [5.41, 5.74) is 0.866. The molecule has 0 unspecified atom stereocenters. The minimum atomic E-state index is -4.55. The minimum absolute atomic E-state index is 0.220. The molecule has 0 fully saturated rings. The third kappa shape index (κ3) is 5.31. The Bertz CT molecular complexity index is 916. The Labute approximate surface area is 155 Å². The van der Waals surface area contributed by atoms with Crippen molar-refractivity contribution in [2.45, 2.75) is 6.18 Å². The van der Waals surface area contributed by atoms with Crippen molar-refractivity contribution in [2.75, 3.05) is 5.32 Å². The molecule has 0 heterocycles. The number of nitrogens with one attached hydrogen (secondary N) is 1. The maximum atomic E-state index is 13.6. The molecule has 0 atom stereocenters. The van der Waals surface area contributed by atoms with Crippen LogP contribution in [0.2, 0.25) is 0 Å². The molecule has 0 aliphatic heterocycles. The average Bonchev–Trinajstić information content (AvgIpc) is 2.68. The minimum Gasteiger partial charge on any atom is -0.351 e. The molecule has 0 spiro atoms. The fourth-order valence-electron chi connectivity index (χ4n) is 2.43. The van der Waals surface area contributed by atoms with Gasteiger partial charge in [-0.3, -0.25) is 0 Å². The summed E-state index contributed by atoms with van der Waals surface area (Å²) in [7, 11) is 0. The molecule has 0 aromatic heterocycles. The Morgan fingerprint density at radius 3 is 1.81 bits per heavy atom. The van der Waals surface area contributed by atoms with Gasteiger partial charge in [-0.15, -0.1) is 0 Å². The highest BCUT2D eigenvalue weighted by Crippen LogP contribution is 2.28. The Morgan fingerprint density at radius 1 is 0.741 bits per heavy atom. The van der Waals surface area contributed by atoms with E-state index in [9.17, 15) is 13.2 Å². The normalized spacial score (nSPS) is 12.7. The van der Waals surface area contributed by atoms with Crippen LogP contribution in [0.5, 0.6) is 0 Å². The molecule has 5 heteroatoms. The van der Waals surface area contributed by atoms with Crippen LogP contribution in [0, 0.1) is 0 Å². The molecule has 0 aliphatic carbocycles. The maximum Gasteiger partial charge on any atom is 0.431 e. The van der Waals surface area contributed by atoms with Crippen molar-refractivity contribution >= 4 is 17.1 Å². The number of anilines is 1. The quantitative estimate of drug-likeness (QED) is 0.522. The van der Waals surface area contributed by atoms with Gasteiger partial charge in [-0.25, -0.2) is 4.99 Å². The van der Waals surface area contributed by atoms with E-state index in [0.717, 1.165) is 6.08 Å².